The molecule has 4 aromatic heterocycles. The van der Waals surface area contributed by atoms with Gasteiger partial charge in [-0.3, -0.25) is 0 Å². The van der Waals surface area contributed by atoms with E-state index in [2.05, 4.69) is 25.4 Å². The van der Waals surface area contributed by atoms with Gasteiger partial charge in [0.05, 0.1) is 31.4 Å². The van der Waals surface area contributed by atoms with Crippen LogP contribution in [-0.2, 0) is 13.1 Å². The van der Waals surface area contributed by atoms with Crippen LogP contribution in [0.2, 0.25) is 0 Å². The lowest BCUT2D eigenvalue weighted by Gasteiger charge is -2.11. The predicted molar refractivity (Wildman–Crippen MR) is 100 cm³/mol. The van der Waals surface area contributed by atoms with Crippen LogP contribution >= 0.6 is 0 Å². The fourth-order valence-electron chi connectivity index (χ4n) is 2.89. The van der Waals surface area contributed by atoms with Gasteiger partial charge in [-0.15, -0.1) is 0 Å². The van der Waals surface area contributed by atoms with Gasteiger partial charge in [0, 0.05) is 18.3 Å². The summed E-state index contributed by atoms with van der Waals surface area (Å²) in [6.45, 7) is 2.86. The largest absolute Gasteiger partial charge is 0.481 e. The van der Waals surface area contributed by atoms with Crippen molar-refractivity contribution in [1.82, 2.24) is 24.7 Å². The van der Waals surface area contributed by atoms with Crippen LogP contribution in [0.25, 0.3) is 11.0 Å². The zero-order valence-electron chi connectivity index (χ0n) is 15.0. The Labute approximate surface area is 155 Å². The molecule has 0 aliphatic heterocycles. The van der Waals surface area contributed by atoms with Gasteiger partial charge in [0.1, 0.15) is 17.0 Å². The summed E-state index contributed by atoms with van der Waals surface area (Å²) in [7, 11) is 1.60. The van der Waals surface area contributed by atoms with Gasteiger partial charge in [0.25, 0.3) is 0 Å². The predicted octanol–water partition coefficient (Wildman–Crippen LogP) is 2.37. The highest BCUT2D eigenvalue weighted by atomic mass is 16.5. The van der Waals surface area contributed by atoms with Gasteiger partial charge in [-0.25, -0.2) is 9.97 Å². The first kappa shape index (κ1) is 16.8. The molecule has 9 heteroatoms. The van der Waals surface area contributed by atoms with Crippen molar-refractivity contribution in [2.75, 3.05) is 18.2 Å². The Morgan fingerprint density at radius 2 is 2.07 bits per heavy atom. The highest BCUT2D eigenvalue weighted by Crippen LogP contribution is 2.24. The van der Waals surface area contributed by atoms with Gasteiger partial charge >= 0.3 is 0 Å². The number of nitrogens with two attached hydrogens (primary N) is 1. The average molecular weight is 365 g/mol. The molecule has 0 bridgehead atoms. The summed E-state index contributed by atoms with van der Waals surface area (Å²) >= 11 is 0. The van der Waals surface area contributed by atoms with Crippen molar-refractivity contribution in [3.8, 4) is 5.88 Å². The van der Waals surface area contributed by atoms with Crippen LogP contribution in [-0.4, -0.2) is 31.8 Å². The molecular formula is C18H19N7O2. The quantitative estimate of drug-likeness (QED) is 0.535. The van der Waals surface area contributed by atoms with E-state index in [9.17, 15) is 0 Å². The molecule has 0 unspecified atom stereocenters. The molecule has 0 radical (unpaired) electrons. The monoisotopic (exact) mass is 365 g/mol. The second-order valence-corrected chi connectivity index (χ2v) is 6.06. The number of hydrogen-bond donors (Lipinski definition) is 2. The highest BCUT2D eigenvalue weighted by molar-refractivity contribution is 5.87. The molecule has 138 valence electrons. The van der Waals surface area contributed by atoms with Gasteiger partial charge in [0.15, 0.2) is 5.82 Å². The number of nitrogen functional groups attached to an aromatic ring is 1. The van der Waals surface area contributed by atoms with E-state index in [1.807, 2.05) is 48.0 Å². The van der Waals surface area contributed by atoms with E-state index in [1.54, 1.807) is 7.11 Å². The zero-order chi connectivity index (χ0) is 18.8. The van der Waals surface area contributed by atoms with E-state index in [-0.39, 0.29) is 5.95 Å². The Morgan fingerprint density at radius 1 is 1.19 bits per heavy atom. The summed E-state index contributed by atoms with van der Waals surface area (Å²) in [5.41, 5.74) is 9.10. The number of fused-ring (bicyclic) bond motifs is 1. The number of anilines is 2. The van der Waals surface area contributed by atoms with Gasteiger partial charge in [0.2, 0.25) is 11.8 Å². The second-order valence-electron chi connectivity index (χ2n) is 6.06. The highest BCUT2D eigenvalue weighted by Gasteiger charge is 2.13. The Hall–Kier alpha value is -3.62. The molecule has 0 aromatic carbocycles. The van der Waals surface area contributed by atoms with Crippen LogP contribution in [0, 0.1) is 6.92 Å². The second kappa shape index (κ2) is 6.94. The molecule has 0 amide bonds. The minimum absolute atomic E-state index is 0.207. The molecular weight excluding hydrogens is 346 g/mol. The number of hydrogen-bond acceptors (Lipinski definition) is 8. The van der Waals surface area contributed by atoms with Crippen molar-refractivity contribution in [1.29, 1.82) is 0 Å². The van der Waals surface area contributed by atoms with Crippen LogP contribution in [0.5, 0.6) is 5.88 Å². The number of rotatable bonds is 6. The molecule has 0 saturated heterocycles. The maximum Gasteiger partial charge on any atom is 0.222 e. The van der Waals surface area contributed by atoms with Crippen LogP contribution in [0.3, 0.4) is 0 Å². The minimum Gasteiger partial charge on any atom is -0.481 e. The van der Waals surface area contributed by atoms with Crippen molar-refractivity contribution in [3.05, 3.63) is 53.7 Å². The van der Waals surface area contributed by atoms with Gasteiger partial charge in [-0.2, -0.15) is 4.98 Å². The van der Waals surface area contributed by atoms with E-state index in [1.165, 1.54) is 0 Å². The summed E-state index contributed by atoms with van der Waals surface area (Å²) in [4.78, 5) is 13.1. The number of methoxy groups -OCH3 is 1. The summed E-state index contributed by atoms with van der Waals surface area (Å²) in [6.07, 6.45) is 1.94. The molecule has 0 aliphatic rings. The van der Waals surface area contributed by atoms with Gasteiger partial charge < -0.3 is 24.9 Å². The number of aromatic nitrogens is 5. The van der Waals surface area contributed by atoms with Gasteiger partial charge in [-0.05, 0) is 19.1 Å². The number of nitrogens with one attached hydrogen (secondary N) is 1. The molecule has 0 fully saturated rings. The first-order valence-electron chi connectivity index (χ1n) is 8.41. The zero-order valence-corrected chi connectivity index (χ0v) is 15.0. The number of aryl methyl sites for hydroxylation is 1. The van der Waals surface area contributed by atoms with E-state index < -0.39 is 0 Å². The number of pyridine rings is 1. The third kappa shape index (κ3) is 3.52. The Balaban J connectivity index is 1.67. The molecule has 9 nitrogen and oxygen atoms in total. The molecule has 4 heterocycles. The van der Waals surface area contributed by atoms with Crippen LogP contribution < -0.4 is 15.8 Å². The van der Waals surface area contributed by atoms with Crippen molar-refractivity contribution in [3.63, 3.8) is 0 Å². The van der Waals surface area contributed by atoms with Crippen molar-refractivity contribution in [2.45, 2.75) is 20.0 Å². The standard InChI is InChI=1S/C18H19N7O2/c1-11-8-13(24-27-11)9-20-17-16-14(22-18(19)23-17)6-7-25(16)10-12-4-3-5-15(21-12)26-2/h3-8H,9-10H2,1-2H3,(H3,19,20,22,23). The summed E-state index contributed by atoms with van der Waals surface area (Å²) in [6, 6.07) is 9.44. The fraction of sp³-hybridized carbons (Fsp3) is 0.222. The van der Waals surface area contributed by atoms with E-state index >= 15 is 0 Å². The number of ether oxygens (including phenoxy) is 1. The third-order valence-corrected chi connectivity index (χ3v) is 4.06. The normalized spacial score (nSPS) is 11.0. The molecule has 0 saturated carbocycles. The summed E-state index contributed by atoms with van der Waals surface area (Å²) in [5.74, 6) is 2.17. The van der Waals surface area contributed by atoms with E-state index in [4.69, 9.17) is 15.0 Å². The van der Waals surface area contributed by atoms with Crippen LogP contribution in [0.15, 0.2) is 41.1 Å². The number of nitrogens with zero attached hydrogens (tertiary/aromatic N) is 5. The first-order chi connectivity index (χ1) is 13.1. The SMILES string of the molecule is COc1cccc(Cn2ccc3nc(N)nc(NCc4cc(C)on4)c32)n1. The Kier molecular flexibility index (Phi) is 4.33. The lowest BCUT2D eigenvalue weighted by molar-refractivity contribution is 0.391. The summed E-state index contributed by atoms with van der Waals surface area (Å²) in [5, 5.41) is 7.26. The first-order valence-corrected chi connectivity index (χ1v) is 8.41. The minimum atomic E-state index is 0.207. The van der Waals surface area contributed by atoms with Crippen LogP contribution in [0.4, 0.5) is 11.8 Å². The smallest absolute Gasteiger partial charge is 0.222 e. The van der Waals surface area contributed by atoms with Crippen molar-refractivity contribution < 1.29 is 9.26 Å². The molecule has 0 aliphatic carbocycles. The molecule has 0 spiro atoms. The third-order valence-electron chi connectivity index (χ3n) is 4.06. The van der Waals surface area contributed by atoms with Crippen LogP contribution in [0.1, 0.15) is 17.1 Å². The van der Waals surface area contributed by atoms with E-state index in [0.29, 0.717) is 24.8 Å². The maximum absolute atomic E-state index is 5.86. The van der Waals surface area contributed by atoms with E-state index in [0.717, 1.165) is 28.2 Å². The molecule has 3 N–H and O–H groups in total. The topological polar surface area (TPSA) is 117 Å². The van der Waals surface area contributed by atoms with Gasteiger partial charge in [-0.1, -0.05) is 11.2 Å². The average Bonchev–Trinajstić information content (AvgIpc) is 3.26. The Bertz CT molecular complexity index is 1090. The molecule has 0 atom stereocenters. The lowest BCUT2D eigenvalue weighted by Crippen LogP contribution is -2.08. The fourth-order valence-corrected chi connectivity index (χ4v) is 2.89. The molecule has 4 rings (SSSR count). The Morgan fingerprint density at radius 3 is 2.85 bits per heavy atom. The summed E-state index contributed by atoms with van der Waals surface area (Å²) < 4.78 is 12.3. The maximum atomic E-state index is 5.86. The lowest BCUT2D eigenvalue weighted by atomic mass is 10.3. The van der Waals surface area contributed by atoms with Crippen molar-refractivity contribution >= 4 is 22.8 Å². The molecule has 4 aromatic rings. The molecule has 27 heavy (non-hydrogen) atoms. The van der Waals surface area contributed by atoms with Crippen molar-refractivity contribution in [2.24, 2.45) is 0 Å².